The maximum atomic E-state index is 4.47. The first-order valence-electron chi connectivity index (χ1n) is 4.70. The number of aliphatic imine (C=N–C) groups is 1. The lowest BCUT2D eigenvalue weighted by Crippen LogP contribution is -2.23. The van der Waals surface area contributed by atoms with Gasteiger partial charge in [-0.3, -0.25) is 4.99 Å². The molecule has 2 heteroatoms. The summed E-state index contributed by atoms with van der Waals surface area (Å²) in [6.07, 6.45) is 6.30. The molecule has 0 saturated carbocycles. The molecule has 1 aliphatic rings. The molecule has 0 fully saturated rings. The van der Waals surface area contributed by atoms with Crippen molar-refractivity contribution >= 4 is 5.84 Å². The van der Waals surface area contributed by atoms with Gasteiger partial charge >= 0.3 is 0 Å². The molecule has 0 aliphatic carbocycles. The third-order valence-corrected chi connectivity index (χ3v) is 1.95. The Hall–Kier alpha value is -0.530. The number of hydrogen-bond acceptors (Lipinski definition) is 2. The first kappa shape index (κ1) is 8.57. The van der Waals surface area contributed by atoms with E-state index in [0.29, 0.717) is 0 Å². The van der Waals surface area contributed by atoms with Gasteiger partial charge in [0.15, 0.2) is 0 Å². The van der Waals surface area contributed by atoms with Crippen molar-refractivity contribution in [2.45, 2.75) is 39.0 Å². The van der Waals surface area contributed by atoms with Crippen LogP contribution in [-0.2, 0) is 0 Å². The Kier molecular flexibility index (Phi) is 4.02. The summed E-state index contributed by atoms with van der Waals surface area (Å²) in [6, 6.07) is 0. The largest absolute Gasteiger partial charge is 0.374 e. The second-order valence-corrected chi connectivity index (χ2v) is 3.07. The number of nitrogens with zero attached hydrogens (tertiary/aromatic N) is 1. The molecular formula is C9H18N2. The molecule has 0 spiro atoms. The highest BCUT2D eigenvalue weighted by Crippen LogP contribution is 2.05. The summed E-state index contributed by atoms with van der Waals surface area (Å²) in [4.78, 5) is 4.47. The molecule has 11 heavy (non-hydrogen) atoms. The Morgan fingerprint density at radius 1 is 1.36 bits per heavy atom. The van der Waals surface area contributed by atoms with Crippen molar-refractivity contribution in [3.63, 3.8) is 0 Å². The molecule has 1 rings (SSSR count). The summed E-state index contributed by atoms with van der Waals surface area (Å²) in [5.41, 5.74) is 0. The maximum Gasteiger partial charge on any atom is 0.0963 e. The van der Waals surface area contributed by atoms with Crippen LogP contribution in [0.25, 0.3) is 0 Å². The van der Waals surface area contributed by atoms with Crippen molar-refractivity contribution in [1.82, 2.24) is 5.32 Å². The van der Waals surface area contributed by atoms with Crippen LogP contribution in [0.3, 0.4) is 0 Å². The molecule has 0 atom stereocenters. The Morgan fingerprint density at radius 2 is 2.27 bits per heavy atom. The average molecular weight is 154 g/mol. The van der Waals surface area contributed by atoms with Crippen LogP contribution in [0, 0.1) is 0 Å². The van der Waals surface area contributed by atoms with Crippen LogP contribution in [0.15, 0.2) is 4.99 Å². The van der Waals surface area contributed by atoms with Crippen LogP contribution < -0.4 is 5.32 Å². The quantitative estimate of drug-likeness (QED) is 0.646. The van der Waals surface area contributed by atoms with Crippen LogP contribution in [0.1, 0.15) is 39.0 Å². The zero-order valence-corrected chi connectivity index (χ0v) is 7.40. The number of hydrogen-bond donors (Lipinski definition) is 1. The normalized spacial score (nSPS) is 18.8. The van der Waals surface area contributed by atoms with Gasteiger partial charge in [0, 0.05) is 19.5 Å². The van der Waals surface area contributed by atoms with E-state index in [1.165, 1.54) is 37.9 Å². The van der Waals surface area contributed by atoms with Crippen LogP contribution in [-0.4, -0.2) is 18.9 Å². The van der Waals surface area contributed by atoms with Crippen molar-refractivity contribution in [2.24, 2.45) is 4.99 Å². The van der Waals surface area contributed by atoms with E-state index in [-0.39, 0.29) is 0 Å². The zero-order valence-electron chi connectivity index (χ0n) is 7.40. The van der Waals surface area contributed by atoms with E-state index >= 15 is 0 Å². The number of nitrogens with one attached hydrogen (secondary N) is 1. The summed E-state index contributed by atoms with van der Waals surface area (Å²) < 4.78 is 0. The zero-order chi connectivity index (χ0) is 7.94. The third kappa shape index (κ3) is 3.40. The van der Waals surface area contributed by atoms with E-state index in [1.54, 1.807) is 0 Å². The van der Waals surface area contributed by atoms with E-state index in [2.05, 4.69) is 17.2 Å². The van der Waals surface area contributed by atoms with Gasteiger partial charge in [-0.15, -0.1) is 0 Å². The lowest BCUT2D eigenvalue weighted by atomic mass is 10.2. The van der Waals surface area contributed by atoms with Crippen LogP contribution in [0.4, 0.5) is 0 Å². The summed E-state index contributed by atoms with van der Waals surface area (Å²) >= 11 is 0. The highest BCUT2D eigenvalue weighted by atomic mass is 15.0. The molecule has 1 aliphatic heterocycles. The summed E-state index contributed by atoms with van der Waals surface area (Å²) in [6.45, 7) is 4.30. The summed E-state index contributed by atoms with van der Waals surface area (Å²) in [5.74, 6) is 1.24. The second kappa shape index (κ2) is 5.16. The van der Waals surface area contributed by atoms with Gasteiger partial charge in [-0.05, 0) is 19.3 Å². The molecule has 0 aromatic carbocycles. The molecule has 0 radical (unpaired) electrons. The maximum absolute atomic E-state index is 4.47. The fourth-order valence-electron chi connectivity index (χ4n) is 1.29. The smallest absolute Gasteiger partial charge is 0.0963 e. The Morgan fingerprint density at radius 3 is 3.09 bits per heavy atom. The molecule has 0 amide bonds. The standard InChI is InChI=1S/C9H18N2/c1-2-7-10-9-6-4-3-5-8-11-9/h2-8H2,1H3,(H,10,11). The molecule has 0 aromatic heterocycles. The minimum absolute atomic E-state index is 1.03. The SMILES string of the molecule is CCCNC1=NCCCCC1. The molecule has 0 bridgehead atoms. The van der Waals surface area contributed by atoms with Crippen molar-refractivity contribution in [1.29, 1.82) is 0 Å². The Labute approximate surface area is 69.1 Å². The summed E-state index contributed by atoms with van der Waals surface area (Å²) in [7, 11) is 0. The molecule has 0 saturated heterocycles. The first-order chi connectivity index (χ1) is 5.43. The van der Waals surface area contributed by atoms with Crippen LogP contribution in [0.2, 0.25) is 0 Å². The van der Waals surface area contributed by atoms with Crippen molar-refractivity contribution in [2.75, 3.05) is 13.1 Å². The van der Waals surface area contributed by atoms with E-state index in [4.69, 9.17) is 0 Å². The highest BCUT2D eigenvalue weighted by molar-refractivity contribution is 5.82. The minimum Gasteiger partial charge on any atom is -0.374 e. The van der Waals surface area contributed by atoms with Gasteiger partial charge in [0.25, 0.3) is 0 Å². The van der Waals surface area contributed by atoms with Crippen molar-refractivity contribution < 1.29 is 0 Å². The van der Waals surface area contributed by atoms with Gasteiger partial charge in [0.05, 0.1) is 5.84 Å². The summed E-state index contributed by atoms with van der Waals surface area (Å²) in [5, 5.41) is 3.36. The average Bonchev–Trinajstić information content (AvgIpc) is 2.28. The molecule has 1 heterocycles. The molecule has 1 N–H and O–H groups in total. The molecule has 0 unspecified atom stereocenters. The number of rotatable bonds is 2. The molecule has 2 nitrogen and oxygen atoms in total. The predicted octanol–water partition coefficient (Wildman–Crippen LogP) is 1.96. The van der Waals surface area contributed by atoms with Gasteiger partial charge in [0.2, 0.25) is 0 Å². The molecular weight excluding hydrogens is 136 g/mol. The lowest BCUT2D eigenvalue weighted by molar-refractivity contribution is 0.727. The van der Waals surface area contributed by atoms with E-state index in [0.717, 1.165) is 13.1 Å². The van der Waals surface area contributed by atoms with E-state index in [1.807, 2.05) is 0 Å². The van der Waals surface area contributed by atoms with Crippen LogP contribution >= 0.6 is 0 Å². The highest BCUT2D eigenvalue weighted by Gasteiger charge is 2.01. The van der Waals surface area contributed by atoms with E-state index in [9.17, 15) is 0 Å². The van der Waals surface area contributed by atoms with Crippen LogP contribution in [0.5, 0.6) is 0 Å². The first-order valence-corrected chi connectivity index (χ1v) is 4.70. The predicted molar refractivity (Wildman–Crippen MR) is 49.1 cm³/mol. The fraction of sp³-hybridized carbons (Fsp3) is 0.889. The topological polar surface area (TPSA) is 24.4 Å². The van der Waals surface area contributed by atoms with Gasteiger partial charge < -0.3 is 5.32 Å². The third-order valence-electron chi connectivity index (χ3n) is 1.95. The fourth-order valence-corrected chi connectivity index (χ4v) is 1.29. The molecule has 64 valence electrons. The van der Waals surface area contributed by atoms with Gasteiger partial charge in [-0.25, -0.2) is 0 Å². The monoisotopic (exact) mass is 154 g/mol. The van der Waals surface area contributed by atoms with Crippen molar-refractivity contribution in [3.05, 3.63) is 0 Å². The minimum atomic E-state index is 1.03. The second-order valence-electron chi connectivity index (χ2n) is 3.07. The van der Waals surface area contributed by atoms with Gasteiger partial charge in [0.1, 0.15) is 0 Å². The van der Waals surface area contributed by atoms with E-state index < -0.39 is 0 Å². The van der Waals surface area contributed by atoms with Crippen molar-refractivity contribution in [3.8, 4) is 0 Å². The van der Waals surface area contributed by atoms with Gasteiger partial charge in [-0.1, -0.05) is 13.3 Å². The molecule has 0 aromatic rings. The Balaban J connectivity index is 2.23. The Bertz CT molecular complexity index is 130. The lowest BCUT2D eigenvalue weighted by Gasteiger charge is -2.05. The van der Waals surface area contributed by atoms with Gasteiger partial charge in [-0.2, -0.15) is 0 Å². The number of amidine groups is 1.